The van der Waals surface area contributed by atoms with Crippen LogP contribution in [-0.4, -0.2) is 42.2 Å². The first kappa shape index (κ1) is 18.5. The summed E-state index contributed by atoms with van der Waals surface area (Å²) in [5.74, 6) is -0.478. The molecule has 3 heterocycles. The minimum absolute atomic E-state index is 0.0361. The molecule has 1 amide bonds. The molecule has 3 rings (SSSR count). The molecule has 11 heteroatoms. The number of aromatic nitrogens is 5. The minimum Gasteiger partial charge on any atom is -0.334 e. The monoisotopic (exact) mass is 402 g/mol. The van der Waals surface area contributed by atoms with Crippen molar-refractivity contribution in [3.05, 3.63) is 46.1 Å². The Hall–Kier alpha value is -2.26. The quantitative estimate of drug-likeness (QED) is 0.629. The molecule has 0 saturated heterocycles. The Kier molecular flexibility index (Phi) is 4.61. The van der Waals surface area contributed by atoms with Gasteiger partial charge in [0, 0.05) is 25.9 Å². The molecule has 0 aromatic carbocycles. The second-order valence-electron chi connectivity index (χ2n) is 5.80. The maximum absolute atomic E-state index is 13.6. The zero-order chi connectivity index (χ0) is 19.2. The van der Waals surface area contributed by atoms with E-state index in [9.17, 15) is 13.6 Å². The van der Waals surface area contributed by atoms with Gasteiger partial charge in [-0.3, -0.25) is 9.48 Å². The first-order chi connectivity index (χ1) is 12.1. The normalized spacial score (nSPS) is 12.0. The summed E-state index contributed by atoms with van der Waals surface area (Å²) in [5.41, 5.74) is 0.481. The van der Waals surface area contributed by atoms with Gasteiger partial charge in [-0.1, -0.05) is 11.6 Å². The van der Waals surface area contributed by atoms with Gasteiger partial charge in [0.1, 0.15) is 5.69 Å². The number of carbonyl (C=O) groups is 1. The Bertz CT molecular complexity index is 975. The van der Waals surface area contributed by atoms with E-state index in [1.807, 2.05) is 0 Å². The van der Waals surface area contributed by atoms with Gasteiger partial charge in [0.2, 0.25) is 0 Å². The average Bonchev–Trinajstić information content (AvgIpc) is 3.10. The van der Waals surface area contributed by atoms with Crippen molar-refractivity contribution in [3.63, 3.8) is 0 Å². The molecular weight excluding hydrogens is 389 g/mol. The van der Waals surface area contributed by atoms with E-state index in [1.165, 1.54) is 17.2 Å². The summed E-state index contributed by atoms with van der Waals surface area (Å²) >= 11 is 11.2. The molecule has 0 unspecified atom stereocenters. The predicted molar refractivity (Wildman–Crippen MR) is 91.5 cm³/mol. The van der Waals surface area contributed by atoms with E-state index < -0.39 is 17.0 Å². The number of rotatable bonds is 4. The smallest absolute Gasteiger partial charge is 0.334 e. The number of halogens is 4. The zero-order valence-electron chi connectivity index (χ0n) is 14.0. The van der Waals surface area contributed by atoms with Gasteiger partial charge >= 0.3 is 5.38 Å². The van der Waals surface area contributed by atoms with Crippen LogP contribution in [0.25, 0.3) is 5.65 Å². The average molecular weight is 403 g/mol. The number of fused-ring (bicyclic) bond motifs is 1. The largest absolute Gasteiger partial charge is 0.364 e. The van der Waals surface area contributed by atoms with Crippen molar-refractivity contribution in [1.29, 1.82) is 0 Å². The Morgan fingerprint density at radius 2 is 2.08 bits per heavy atom. The van der Waals surface area contributed by atoms with Gasteiger partial charge in [0.25, 0.3) is 5.91 Å². The van der Waals surface area contributed by atoms with Crippen molar-refractivity contribution < 1.29 is 13.6 Å². The summed E-state index contributed by atoms with van der Waals surface area (Å²) < 4.78 is 29.7. The van der Waals surface area contributed by atoms with Gasteiger partial charge in [-0.2, -0.15) is 19.0 Å². The van der Waals surface area contributed by atoms with Crippen LogP contribution >= 0.6 is 23.2 Å². The van der Waals surface area contributed by atoms with E-state index in [0.29, 0.717) is 16.4 Å². The van der Waals surface area contributed by atoms with Crippen LogP contribution in [0.5, 0.6) is 0 Å². The third-order valence-corrected chi connectivity index (χ3v) is 4.32. The topological polar surface area (TPSA) is 68.3 Å². The molecule has 0 aliphatic rings. The van der Waals surface area contributed by atoms with Crippen molar-refractivity contribution in [3.8, 4) is 0 Å². The second-order valence-corrected chi connectivity index (χ2v) is 6.69. The van der Waals surface area contributed by atoms with Crippen LogP contribution in [0.4, 0.5) is 8.78 Å². The summed E-state index contributed by atoms with van der Waals surface area (Å²) in [7, 11) is 3.25. The molecule has 0 aliphatic heterocycles. The number of nitrogens with zero attached hydrogens (tertiary/aromatic N) is 6. The maximum Gasteiger partial charge on any atom is 0.364 e. The van der Waals surface area contributed by atoms with E-state index in [0.717, 1.165) is 10.6 Å². The van der Waals surface area contributed by atoms with Crippen LogP contribution in [-0.2, 0) is 19.0 Å². The molecule has 0 spiro atoms. The van der Waals surface area contributed by atoms with Crippen molar-refractivity contribution in [1.82, 2.24) is 29.3 Å². The van der Waals surface area contributed by atoms with E-state index in [2.05, 4.69) is 15.2 Å². The lowest BCUT2D eigenvalue weighted by Gasteiger charge is -2.16. The van der Waals surface area contributed by atoms with E-state index in [-0.39, 0.29) is 17.9 Å². The van der Waals surface area contributed by atoms with Gasteiger partial charge in [-0.15, -0.1) is 0 Å². The Morgan fingerprint density at radius 1 is 1.38 bits per heavy atom. The zero-order valence-corrected chi connectivity index (χ0v) is 15.6. The highest BCUT2D eigenvalue weighted by Gasteiger charge is 2.33. The molecule has 3 aromatic rings. The Balaban J connectivity index is 1.96. The molecule has 0 fully saturated rings. The number of carbonyl (C=O) groups excluding carboxylic acids is 1. The first-order valence-corrected chi connectivity index (χ1v) is 8.20. The summed E-state index contributed by atoms with van der Waals surface area (Å²) in [4.78, 5) is 18.1. The first-order valence-electron chi connectivity index (χ1n) is 7.44. The number of hydrogen-bond donors (Lipinski definition) is 0. The molecule has 0 aliphatic carbocycles. The minimum atomic E-state index is -3.65. The van der Waals surface area contributed by atoms with Crippen molar-refractivity contribution in [2.24, 2.45) is 7.05 Å². The van der Waals surface area contributed by atoms with E-state index >= 15 is 0 Å². The van der Waals surface area contributed by atoms with Crippen LogP contribution in [0.2, 0.25) is 5.02 Å². The third kappa shape index (κ3) is 3.36. The van der Waals surface area contributed by atoms with Crippen LogP contribution in [0.1, 0.15) is 27.6 Å². The Labute approximate surface area is 157 Å². The van der Waals surface area contributed by atoms with E-state index in [4.69, 9.17) is 23.2 Å². The van der Waals surface area contributed by atoms with Crippen LogP contribution in [0.15, 0.2) is 18.3 Å². The molecule has 7 nitrogen and oxygen atoms in total. The SMILES string of the molecule is Cc1cc(C(F)(F)Cl)n2nc(C(=O)N(C)Cc3c(Cl)cnn3C)cc2n1. The Morgan fingerprint density at radius 3 is 2.65 bits per heavy atom. The lowest BCUT2D eigenvalue weighted by molar-refractivity contribution is 0.0770. The van der Waals surface area contributed by atoms with Crippen molar-refractivity contribution in [2.45, 2.75) is 18.9 Å². The van der Waals surface area contributed by atoms with Gasteiger partial charge in [0.15, 0.2) is 11.3 Å². The van der Waals surface area contributed by atoms with Gasteiger partial charge in [0.05, 0.1) is 23.5 Å². The highest BCUT2D eigenvalue weighted by atomic mass is 35.5. The number of amides is 1. The predicted octanol–water partition coefficient (Wildman–Crippen LogP) is 2.98. The lowest BCUT2D eigenvalue weighted by atomic mass is 10.3. The highest BCUT2D eigenvalue weighted by Crippen LogP contribution is 2.32. The van der Waals surface area contributed by atoms with E-state index in [1.54, 1.807) is 25.7 Å². The molecule has 26 heavy (non-hydrogen) atoms. The van der Waals surface area contributed by atoms with Gasteiger partial charge in [-0.25, -0.2) is 9.50 Å². The molecule has 0 atom stereocenters. The lowest BCUT2D eigenvalue weighted by Crippen LogP contribution is -2.27. The molecule has 0 saturated carbocycles. The fourth-order valence-corrected chi connectivity index (χ4v) is 2.87. The summed E-state index contributed by atoms with van der Waals surface area (Å²) in [6, 6.07) is 2.46. The molecule has 3 aromatic heterocycles. The third-order valence-electron chi connectivity index (χ3n) is 3.81. The number of hydrogen-bond acceptors (Lipinski definition) is 4. The summed E-state index contributed by atoms with van der Waals surface area (Å²) in [6.07, 6.45) is 1.47. The fraction of sp³-hybridized carbons (Fsp3) is 0.333. The second kappa shape index (κ2) is 6.48. The van der Waals surface area contributed by atoms with Crippen LogP contribution in [0, 0.1) is 6.92 Å². The van der Waals surface area contributed by atoms with Crippen molar-refractivity contribution >= 4 is 34.8 Å². The summed E-state index contributed by atoms with van der Waals surface area (Å²) in [5, 5.41) is 4.74. The molecule has 0 bridgehead atoms. The fourth-order valence-electron chi connectivity index (χ4n) is 2.51. The van der Waals surface area contributed by atoms with Gasteiger partial charge < -0.3 is 4.90 Å². The maximum atomic E-state index is 13.6. The number of aryl methyl sites for hydroxylation is 2. The van der Waals surface area contributed by atoms with Crippen molar-refractivity contribution in [2.75, 3.05) is 7.05 Å². The number of alkyl halides is 3. The molecule has 0 N–H and O–H groups in total. The highest BCUT2D eigenvalue weighted by molar-refractivity contribution is 6.31. The molecule has 138 valence electrons. The molecular formula is C15H14Cl2F2N6O. The summed E-state index contributed by atoms with van der Waals surface area (Å²) in [6.45, 7) is 1.73. The van der Waals surface area contributed by atoms with Gasteiger partial charge in [-0.05, 0) is 24.6 Å². The van der Waals surface area contributed by atoms with Crippen LogP contribution < -0.4 is 0 Å². The standard InChI is InChI=1S/C15H14Cl2F2N6O/c1-8-4-12(15(17,18)19)25-13(21-8)5-10(22-25)14(26)23(2)7-11-9(16)6-20-24(11)3/h4-6H,7H2,1-3H3. The molecule has 0 radical (unpaired) electrons. The van der Waals surface area contributed by atoms with Crippen LogP contribution in [0.3, 0.4) is 0 Å².